The van der Waals surface area contributed by atoms with Crippen LogP contribution >= 0.6 is 0 Å². The van der Waals surface area contributed by atoms with Gasteiger partial charge in [-0.15, -0.1) is 0 Å². The molecule has 3 rings (SSSR count). The molecule has 3 heterocycles. The molecule has 1 fully saturated rings. The Morgan fingerprint density at radius 3 is 2.37 bits per heavy atom. The molecule has 0 bridgehead atoms. The van der Waals surface area contributed by atoms with Gasteiger partial charge in [0.1, 0.15) is 0 Å². The van der Waals surface area contributed by atoms with E-state index in [0.717, 1.165) is 30.5 Å². The van der Waals surface area contributed by atoms with Gasteiger partial charge in [-0.3, -0.25) is 18.5 Å². The van der Waals surface area contributed by atoms with E-state index in [0.29, 0.717) is 11.4 Å². The molecule has 1 aromatic rings. The molecule has 7 nitrogen and oxygen atoms in total. The van der Waals surface area contributed by atoms with Gasteiger partial charge in [0, 0.05) is 14.1 Å². The zero-order valence-corrected chi connectivity index (χ0v) is 11.1. The summed E-state index contributed by atoms with van der Waals surface area (Å²) in [5.74, 6) is 0.563. The minimum Gasteiger partial charge on any atom is -0.265 e. The Bertz CT molecular complexity index is 804. The van der Waals surface area contributed by atoms with E-state index in [4.69, 9.17) is 0 Å². The van der Waals surface area contributed by atoms with Crippen molar-refractivity contribution in [2.75, 3.05) is 13.1 Å². The van der Waals surface area contributed by atoms with Gasteiger partial charge in [0.05, 0.1) is 13.1 Å². The van der Waals surface area contributed by atoms with Crippen LogP contribution in [0.4, 0.5) is 0 Å². The molecule has 0 atom stereocenters. The highest BCUT2D eigenvalue weighted by atomic mass is 16.2. The predicted octanol–water partition coefficient (Wildman–Crippen LogP) is -2.11. The third-order valence-corrected chi connectivity index (χ3v) is 3.67. The Labute approximate surface area is 108 Å². The van der Waals surface area contributed by atoms with Crippen LogP contribution < -0.4 is 22.1 Å². The van der Waals surface area contributed by atoms with Crippen molar-refractivity contribution >= 4 is 5.96 Å². The Balaban J connectivity index is 2.32. The molecule has 2 aliphatic heterocycles. The molecule has 100 valence electrons. The first-order valence-corrected chi connectivity index (χ1v) is 6.45. The van der Waals surface area contributed by atoms with Crippen LogP contribution in [-0.4, -0.2) is 32.8 Å². The van der Waals surface area contributed by atoms with E-state index in [9.17, 15) is 9.59 Å². The number of guanidine groups is 1. The first-order valence-electron chi connectivity index (χ1n) is 6.45. The van der Waals surface area contributed by atoms with E-state index in [1.165, 1.54) is 18.0 Å². The van der Waals surface area contributed by atoms with Gasteiger partial charge in [-0.05, 0) is 24.3 Å². The van der Waals surface area contributed by atoms with Crippen molar-refractivity contribution in [1.29, 1.82) is 0 Å². The lowest BCUT2D eigenvalue weighted by molar-refractivity contribution is -0.538. The second-order valence-corrected chi connectivity index (χ2v) is 4.95. The molecule has 1 saturated heterocycles. The molecule has 0 amide bonds. The van der Waals surface area contributed by atoms with Crippen molar-refractivity contribution in [2.24, 2.45) is 24.1 Å². The van der Waals surface area contributed by atoms with Crippen LogP contribution in [0.1, 0.15) is 19.3 Å². The average molecular weight is 262 g/mol. The fourth-order valence-corrected chi connectivity index (χ4v) is 2.50. The molecule has 0 aliphatic carbocycles. The Kier molecular flexibility index (Phi) is 2.69. The molecule has 1 aromatic heterocycles. The molecule has 7 heteroatoms. The number of hydrogen-bond acceptors (Lipinski definition) is 2. The van der Waals surface area contributed by atoms with Crippen molar-refractivity contribution in [3.8, 4) is 0 Å². The van der Waals surface area contributed by atoms with Crippen LogP contribution in [0, 0.1) is 0 Å². The highest BCUT2D eigenvalue weighted by Crippen LogP contribution is 2.05. The van der Waals surface area contributed by atoms with E-state index in [2.05, 4.69) is 14.6 Å². The average Bonchev–Trinajstić information content (AvgIpc) is 2.89. The van der Waals surface area contributed by atoms with Crippen molar-refractivity contribution < 1.29 is 4.58 Å². The number of aromatic nitrogens is 2. The molecule has 0 aromatic carbocycles. The summed E-state index contributed by atoms with van der Waals surface area (Å²) < 4.78 is 4.52. The van der Waals surface area contributed by atoms with Crippen LogP contribution in [0.15, 0.2) is 19.6 Å². The quantitative estimate of drug-likeness (QED) is 0.502. The number of fused-ring (bicyclic) bond motifs is 1. The fourth-order valence-electron chi connectivity index (χ4n) is 2.50. The Morgan fingerprint density at radius 1 is 1.00 bits per heavy atom. The van der Waals surface area contributed by atoms with Gasteiger partial charge in [0.2, 0.25) is 0 Å². The topological polar surface area (TPSA) is 71.7 Å². The maximum atomic E-state index is 12.0. The summed E-state index contributed by atoms with van der Waals surface area (Å²) in [4.78, 5) is 32.5. The monoisotopic (exact) mass is 262 g/mol. The number of hydrogen-bond donors (Lipinski definition) is 0. The van der Waals surface area contributed by atoms with Crippen LogP contribution in [0.5, 0.6) is 0 Å². The molecule has 0 N–H and O–H groups in total. The van der Waals surface area contributed by atoms with Crippen LogP contribution in [0.2, 0.25) is 0 Å². The van der Waals surface area contributed by atoms with Gasteiger partial charge < -0.3 is 0 Å². The number of piperidine rings is 1. The summed E-state index contributed by atoms with van der Waals surface area (Å²) in [5.41, 5.74) is -0.384. The molecule has 0 radical (unpaired) electrons. The number of rotatable bonds is 0. The molecule has 19 heavy (non-hydrogen) atoms. The summed E-state index contributed by atoms with van der Waals surface area (Å²) in [5, 5.41) is 0.269. The maximum Gasteiger partial charge on any atom is 0.431 e. The SMILES string of the molecule is Cn1c(=O)c2c(n(C)c1=O)=NC(=[N+]1CCCCC1)N=2. The van der Waals surface area contributed by atoms with Gasteiger partial charge in [0.15, 0.2) is 0 Å². The van der Waals surface area contributed by atoms with Crippen molar-refractivity contribution in [3.63, 3.8) is 0 Å². The highest BCUT2D eigenvalue weighted by Gasteiger charge is 2.25. The second kappa shape index (κ2) is 4.25. The molecule has 0 spiro atoms. The summed E-state index contributed by atoms with van der Waals surface area (Å²) in [6.45, 7) is 1.81. The minimum absolute atomic E-state index is 0.269. The summed E-state index contributed by atoms with van der Waals surface area (Å²) in [6.07, 6.45) is 3.45. The van der Waals surface area contributed by atoms with Crippen LogP contribution in [-0.2, 0) is 14.1 Å². The van der Waals surface area contributed by atoms with Crippen LogP contribution in [0.25, 0.3) is 0 Å². The first-order chi connectivity index (χ1) is 9.09. The lowest BCUT2D eigenvalue weighted by atomic mass is 10.2. The summed E-state index contributed by atoms with van der Waals surface area (Å²) in [6, 6.07) is 0. The lowest BCUT2D eigenvalue weighted by Gasteiger charge is -2.12. The molecule has 0 saturated carbocycles. The zero-order valence-electron chi connectivity index (χ0n) is 11.1. The smallest absolute Gasteiger partial charge is 0.265 e. The van der Waals surface area contributed by atoms with Crippen molar-refractivity contribution in [1.82, 2.24) is 9.13 Å². The largest absolute Gasteiger partial charge is 0.431 e. The molecule has 2 aliphatic rings. The molecular formula is C12H16N5O2+. The van der Waals surface area contributed by atoms with E-state index >= 15 is 0 Å². The van der Waals surface area contributed by atoms with E-state index in [-0.39, 0.29) is 16.6 Å². The minimum atomic E-state index is -0.381. The van der Waals surface area contributed by atoms with E-state index in [1.807, 2.05) is 0 Å². The fraction of sp³-hybridized carbons (Fsp3) is 0.583. The van der Waals surface area contributed by atoms with Gasteiger partial charge >= 0.3 is 17.2 Å². The van der Waals surface area contributed by atoms with E-state index < -0.39 is 0 Å². The lowest BCUT2D eigenvalue weighted by Crippen LogP contribution is -2.55. The molecular weight excluding hydrogens is 246 g/mol. The maximum absolute atomic E-state index is 12.0. The van der Waals surface area contributed by atoms with Gasteiger partial charge in [-0.25, -0.2) is 4.79 Å². The third-order valence-electron chi connectivity index (χ3n) is 3.67. The zero-order chi connectivity index (χ0) is 13.6. The Morgan fingerprint density at radius 2 is 1.68 bits per heavy atom. The highest BCUT2D eigenvalue weighted by molar-refractivity contribution is 5.78. The normalized spacial score (nSPS) is 18.0. The number of nitrogens with zero attached hydrogens (tertiary/aromatic N) is 5. The standard InChI is InChI=1S/C12H16N5O2/c1-15-9-8(10(18)16(2)12(15)19)13-11(14-9)17-6-4-3-5-7-17/h3-7H2,1-2H3/q+1. The Hall–Kier alpha value is -2.05. The second-order valence-electron chi connectivity index (χ2n) is 4.95. The van der Waals surface area contributed by atoms with Gasteiger partial charge in [-0.1, -0.05) is 4.99 Å². The molecule has 0 unspecified atom stereocenters. The van der Waals surface area contributed by atoms with Gasteiger partial charge in [-0.2, -0.15) is 0 Å². The first kappa shape index (κ1) is 12.0. The predicted molar refractivity (Wildman–Crippen MR) is 68.1 cm³/mol. The van der Waals surface area contributed by atoms with Gasteiger partial charge in [0.25, 0.3) is 10.8 Å². The summed E-state index contributed by atoms with van der Waals surface area (Å²) in [7, 11) is 3.07. The van der Waals surface area contributed by atoms with Crippen LogP contribution in [0.3, 0.4) is 0 Å². The van der Waals surface area contributed by atoms with Crippen molar-refractivity contribution in [2.45, 2.75) is 19.3 Å². The van der Waals surface area contributed by atoms with Crippen molar-refractivity contribution in [3.05, 3.63) is 31.7 Å². The summed E-state index contributed by atoms with van der Waals surface area (Å²) >= 11 is 0. The van der Waals surface area contributed by atoms with E-state index in [1.54, 1.807) is 7.05 Å². The third kappa shape index (κ3) is 1.76.